The highest BCUT2D eigenvalue weighted by molar-refractivity contribution is 5.83. The molecule has 4 aromatic rings. The lowest BCUT2D eigenvalue weighted by Gasteiger charge is -2.13. The maximum Gasteiger partial charge on any atom is 0.127 e. The number of ether oxygens (including phenoxy) is 1. The Morgan fingerprint density at radius 2 is 1.39 bits per heavy atom. The Kier molecular flexibility index (Phi) is 5.55. The van der Waals surface area contributed by atoms with Gasteiger partial charge < -0.3 is 15.2 Å². The standard InChI is InChI=1S/C25H23NO2/c27-25(21-11-10-19-6-4-5-7-20(19)18-21)16-17-26-22-12-14-24(15-13-22)28-23-8-2-1-3-9-23/h1-15,18,25-27H,16-17H2/t25-/m1/s1. The molecule has 0 unspecified atom stereocenters. The second-order valence-corrected chi connectivity index (χ2v) is 6.78. The first-order valence-electron chi connectivity index (χ1n) is 9.51. The number of hydrogen-bond donors (Lipinski definition) is 2. The highest BCUT2D eigenvalue weighted by Gasteiger charge is 2.08. The van der Waals surface area contributed by atoms with Crippen molar-refractivity contribution in [1.29, 1.82) is 0 Å². The lowest BCUT2D eigenvalue weighted by molar-refractivity contribution is 0.172. The van der Waals surface area contributed by atoms with Crippen molar-refractivity contribution < 1.29 is 9.84 Å². The molecule has 0 saturated heterocycles. The molecular formula is C25H23NO2. The molecule has 0 bridgehead atoms. The average molecular weight is 369 g/mol. The predicted molar refractivity (Wildman–Crippen MR) is 115 cm³/mol. The van der Waals surface area contributed by atoms with Crippen molar-refractivity contribution in [1.82, 2.24) is 0 Å². The van der Waals surface area contributed by atoms with Crippen molar-refractivity contribution in [2.45, 2.75) is 12.5 Å². The fraction of sp³-hybridized carbons (Fsp3) is 0.120. The lowest BCUT2D eigenvalue weighted by atomic mass is 10.0. The third-order valence-electron chi connectivity index (χ3n) is 4.74. The highest BCUT2D eigenvalue weighted by atomic mass is 16.5. The van der Waals surface area contributed by atoms with Crippen LogP contribution in [0.4, 0.5) is 5.69 Å². The number of para-hydroxylation sites is 1. The minimum atomic E-state index is -0.488. The third-order valence-corrected chi connectivity index (χ3v) is 4.74. The molecule has 0 amide bonds. The van der Waals surface area contributed by atoms with Gasteiger partial charge in [0.1, 0.15) is 11.5 Å². The number of aliphatic hydroxyl groups is 1. The molecule has 0 heterocycles. The van der Waals surface area contributed by atoms with Gasteiger partial charge in [0.05, 0.1) is 6.10 Å². The molecule has 28 heavy (non-hydrogen) atoms. The zero-order valence-electron chi connectivity index (χ0n) is 15.6. The topological polar surface area (TPSA) is 41.5 Å². The summed E-state index contributed by atoms with van der Waals surface area (Å²) in [7, 11) is 0. The molecule has 140 valence electrons. The van der Waals surface area contributed by atoms with E-state index in [0.29, 0.717) is 13.0 Å². The van der Waals surface area contributed by atoms with Gasteiger partial charge in [-0.25, -0.2) is 0 Å². The summed E-state index contributed by atoms with van der Waals surface area (Å²) < 4.78 is 5.80. The molecule has 2 N–H and O–H groups in total. The van der Waals surface area contributed by atoms with Gasteiger partial charge in [-0.3, -0.25) is 0 Å². The van der Waals surface area contributed by atoms with Crippen LogP contribution in [0.5, 0.6) is 11.5 Å². The van der Waals surface area contributed by atoms with Gasteiger partial charge in [0, 0.05) is 12.2 Å². The Morgan fingerprint density at radius 3 is 2.18 bits per heavy atom. The number of benzene rings is 4. The van der Waals surface area contributed by atoms with Crippen LogP contribution in [0.25, 0.3) is 10.8 Å². The Bertz CT molecular complexity index is 1030. The fourth-order valence-electron chi connectivity index (χ4n) is 3.20. The Hall–Kier alpha value is -3.30. The number of nitrogens with one attached hydrogen (secondary N) is 1. The van der Waals surface area contributed by atoms with E-state index in [1.165, 1.54) is 5.39 Å². The van der Waals surface area contributed by atoms with Crippen LogP contribution in [0, 0.1) is 0 Å². The summed E-state index contributed by atoms with van der Waals surface area (Å²) >= 11 is 0. The molecule has 0 spiro atoms. The van der Waals surface area contributed by atoms with E-state index in [9.17, 15) is 5.11 Å². The van der Waals surface area contributed by atoms with Crippen molar-refractivity contribution in [2.75, 3.05) is 11.9 Å². The Balaban J connectivity index is 1.30. The van der Waals surface area contributed by atoms with E-state index in [0.717, 1.165) is 28.1 Å². The van der Waals surface area contributed by atoms with Gasteiger partial charge in [0.2, 0.25) is 0 Å². The maximum absolute atomic E-state index is 10.5. The number of hydrogen-bond acceptors (Lipinski definition) is 3. The van der Waals surface area contributed by atoms with Crippen LogP contribution in [0.1, 0.15) is 18.1 Å². The van der Waals surface area contributed by atoms with E-state index in [-0.39, 0.29) is 0 Å². The molecule has 0 aromatic heterocycles. The van der Waals surface area contributed by atoms with Gasteiger partial charge in [-0.05, 0) is 65.2 Å². The number of anilines is 1. The van der Waals surface area contributed by atoms with Crippen molar-refractivity contribution in [3.8, 4) is 11.5 Å². The average Bonchev–Trinajstić information content (AvgIpc) is 2.75. The third kappa shape index (κ3) is 4.51. The molecule has 0 aliphatic carbocycles. The first-order chi connectivity index (χ1) is 13.8. The van der Waals surface area contributed by atoms with Crippen LogP contribution in [-0.4, -0.2) is 11.7 Å². The van der Waals surface area contributed by atoms with Gasteiger partial charge >= 0.3 is 0 Å². The molecule has 0 radical (unpaired) electrons. The quantitative estimate of drug-likeness (QED) is 0.409. The summed E-state index contributed by atoms with van der Waals surface area (Å²) in [4.78, 5) is 0. The molecule has 0 fully saturated rings. The normalized spacial score (nSPS) is 11.9. The van der Waals surface area contributed by atoms with Crippen molar-refractivity contribution >= 4 is 16.5 Å². The highest BCUT2D eigenvalue weighted by Crippen LogP contribution is 2.24. The summed E-state index contributed by atoms with van der Waals surface area (Å²) in [6.45, 7) is 0.687. The largest absolute Gasteiger partial charge is 0.457 e. The lowest BCUT2D eigenvalue weighted by Crippen LogP contribution is -2.07. The maximum atomic E-state index is 10.5. The zero-order valence-corrected chi connectivity index (χ0v) is 15.6. The van der Waals surface area contributed by atoms with Crippen molar-refractivity contribution in [2.24, 2.45) is 0 Å². The van der Waals surface area contributed by atoms with Crippen LogP contribution >= 0.6 is 0 Å². The summed E-state index contributed by atoms with van der Waals surface area (Å²) in [6.07, 6.45) is 0.151. The zero-order chi connectivity index (χ0) is 19.2. The van der Waals surface area contributed by atoms with Gasteiger partial charge in [0.25, 0.3) is 0 Å². The second kappa shape index (κ2) is 8.59. The number of fused-ring (bicyclic) bond motifs is 1. The van der Waals surface area contributed by atoms with Crippen LogP contribution in [0.2, 0.25) is 0 Å². The van der Waals surface area contributed by atoms with E-state index >= 15 is 0 Å². The van der Waals surface area contributed by atoms with E-state index in [4.69, 9.17) is 4.74 Å². The summed E-state index contributed by atoms with van der Waals surface area (Å²) in [5.41, 5.74) is 1.96. The number of rotatable bonds is 7. The monoisotopic (exact) mass is 369 g/mol. The predicted octanol–water partition coefficient (Wildman–Crippen LogP) is 6.17. The van der Waals surface area contributed by atoms with Crippen LogP contribution in [0.15, 0.2) is 97.1 Å². The molecule has 4 rings (SSSR count). The summed E-state index contributed by atoms with van der Waals surface area (Å²) in [6, 6.07) is 31.9. The van der Waals surface area contributed by atoms with Gasteiger partial charge in [-0.2, -0.15) is 0 Å². The second-order valence-electron chi connectivity index (χ2n) is 6.78. The Morgan fingerprint density at radius 1 is 0.714 bits per heavy atom. The van der Waals surface area contributed by atoms with Gasteiger partial charge in [0.15, 0.2) is 0 Å². The minimum absolute atomic E-state index is 0.488. The minimum Gasteiger partial charge on any atom is -0.457 e. The summed E-state index contributed by atoms with van der Waals surface area (Å²) in [5, 5.41) is 16.2. The molecule has 3 nitrogen and oxygen atoms in total. The van der Waals surface area contributed by atoms with Crippen LogP contribution in [-0.2, 0) is 0 Å². The van der Waals surface area contributed by atoms with Crippen LogP contribution in [0.3, 0.4) is 0 Å². The van der Waals surface area contributed by atoms with Crippen LogP contribution < -0.4 is 10.1 Å². The van der Waals surface area contributed by atoms with Crippen molar-refractivity contribution in [3.63, 3.8) is 0 Å². The first-order valence-corrected chi connectivity index (χ1v) is 9.51. The molecule has 4 aromatic carbocycles. The van der Waals surface area contributed by atoms with E-state index in [1.54, 1.807) is 0 Å². The first kappa shape index (κ1) is 18.1. The molecular weight excluding hydrogens is 346 g/mol. The van der Waals surface area contributed by atoms with E-state index in [2.05, 4.69) is 29.6 Å². The van der Waals surface area contributed by atoms with Gasteiger partial charge in [-0.15, -0.1) is 0 Å². The fourth-order valence-corrected chi connectivity index (χ4v) is 3.20. The Labute approximate surface area is 165 Å². The number of aliphatic hydroxyl groups excluding tert-OH is 1. The smallest absolute Gasteiger partial charge is 0.127 e. The summed E-state index contributed by atoms with van der Waals surface area (Å²) in [5.74, 6) is 1.62. The molecule has 0 aliphatic heterocycles. The molecule has 3 heteroatoms. The van der Waals surface area contributed by atoms with E-state index < -0.39 is 6.10 Å². The molecule has 0 aliphatic rings. The molecule has 1 atom stereocenters. The van der Waals surface area contributed by atoms with Gasteiger partial charge in [-0.1, -0.05) is 54.6 Å². The van der Waals surface area contributed by atoms with E-state index in [1.807, 2.05) is 72.8 Å². The SMILES string of the molecule is O[C@H](CCNc1ccc(Oc2ccccc2)cc1)c1ccc2ccccc2c1. The molecule has 0 saturated carbocycles. The van der Waals surface area contributed by atoms with Crippen molar-refractivity contribution in [3.05, 3.63) is 103 Å².